The molecular weight excluding hydrogens is 610 g/mol. The lowest BCUT2D eigenvalue weighted by Gasteiger charge is -2.17. The number of carbonyl (C=O) groups excluding carboxylic acids is 4. The van der Waals surface area contributed by atoms with Crippen LogP contribution in [0.4, 0.5) is 5.69 Å². The maximum atomic E-state index is 12.8. The van der Waals surface area contributed by atoms with E-state index in [1.165, 1.54) is 36.3 Å². The van der Waals surface area contributed by atoms with Gasteiger partial charge in [0.05, 0.1) is 18.6 Å². The zero-order chi connectivity index (χ0) is 33.5. The van der Waals surface area contributed by atoms with Crippen molar-refractivity contribution in [3.05, 3.63) is 139 Å². The van der Waals surface area contributed by atoms with E-state index in [1.54, 1.807) is 48.5 Å². The number of hydrogen-bond donors (Lipinski definition) is 0. The second-order valence-corrected chi connectivity index (χ2v) is 11.0. The Hall–Kier alpha value is -6.22. The second-order valence-electron chi connectivity index (χ2n) is 11.0. The molecule has 0 spiro atoms. The molecule has 1 atom stereocenters. The first-order chi connectivity index (χ1) is 23.4. The van der Waals surface area contributed by atoms with Gasteiger partial charge in [-0.2, -0.15) is 0 Å². The highest BCUT2D eigenvalue weighted by Gasteiger charge is 2.36. The molecule has 0 saturated carbocycles. The van der Waals surface area contributed by atoms with Gasteiger partial charge in [-0.1, -0.05) is 54.6 Å². The number of ketones is 1. The lowest BCUT2D eigenvalue weighted by atomic mass is 10.0. The minimum atomic E-state index is -0.711. The van der Waals surface area contributed by atoms with Gasteiger partial charge in [0, 0.05) is 29.8 Å². The van der Waals surface area contributed by atoms with Gasteiger partial charge in [-0.05, 0) is 78.4 Å². The number of rotatable bonds is 11. The Bertz CT molecular complexity index is 1940. The highest BCUT2D eigenvalue weighted by atomic mass is 16.5. The first-order valence-corrected chi connectivity index (χ1v) is 15.3. The maximum Gasteiger partial charge on any atom is 0.343 e. The highest BCUT2D eigenvalue weighted by Crippen LogP contribution is 2.34. The van der Waals surface area contributed by atoms with E-state index in [4.69, 9.17) is 18.9 Å². The zero-order valence-electron chi connectivity index (χ0n) is 26.0. The summed E-state index contributed by atoms with van der Waals surface area (Å²) in [6.07, 6.45) is -0.0247. The van der Waals surface area contributed by atoms with Crippen LogP contribution in [0.5, 0.6) is 23.0 Å². The van der Waals surface area contributed by atoms with E-state index in [0.29, 0.717) is 28.5 Å². The molecule has 1 aliphatic rings. The van der Waals surface area contributed by atoms with E-state index in [0.717, 1.165) is 11.1 Å². The first-order valence-electron chi connectivity index (χ1n) is 15.3. The van der Waals surface area contributed by atoms with Crippen molar-refractivity contribution in [3.8, 4) is 34.1 Å². The van der Waals surface area contributed by atoms with Crippen LogP contribution in [0.2, 0.25) is 0 Å². The fourth-order valence-corrected chi connectivity index (χ4v) is 5.31. The normalized spacial score (nSPS) is 13.9. The monoisotopic (exact) mass is 641 g/mol. The third-order valence-corrected chi connectivity index (χ3v) is 7.84. The van der Waals surface area contributed by atoms with Gasteiger partial charge >= 0.3 is 11.9 Å². The molecule has 1 heterocycles. The summed E-state index contributed by atoms with van der Waals surface area (Å²) in [4.78, 5) is 52.4. The van der Waals surface area contributed by atoms with E-state index in [2.05, 4.69) is 0 Å². The molecule has 0 bridgehead atoms. The van der Waals surface area contributed by atoms with Crippen LogP contribution in [0.25, 0.3) is 11.1 Å². The van der Waals surface area contributed by atoms with Crippen molar-refractivity contribution in [2.45, 2.75) is 6.42 Å². The predicted octanol–water partition coefficient (Wildman–Crippen LogP) is 7.15. The SMILES string of the molecule is COc1cccc(C(=O)Oc2ccc(C(=O)COC(=O)[C@H]3CC(=O)N(c4ccc(Oc5ccccc5-c5ccccc5)cc4)C3)cc2)c1. The summed E-state index contributed by atoms with van der Waals surface area (Å²) in [6, 6.07) is 37.3. The van der Waals surface area contributed by atoms with Crippen LogP contribution >= 0.6 is 0 Å². The van der Waals surface area contributed by atoms with Gasteiger partial charge in [0.25, 0.3) is 0 Å². The molecule has 5 aromatic rings. The van der Waals surface area contributed by atoms with Crippen molar-refractivity contribution in [1.29, 1.82) is 0 Å². The van der Waals surface area contributed by atoms with Gasteiger partial charge < -0.3 is 23.8 Å². The van der Waals surface area contributed by atoms with E-state index in [-0.39, 0.29) is 30.2 Å². The molecule has 1 saturated heterocycles. The summed E-state index contributed by atoms with van der Waals surface area (Å²) in [5.41, 5.74) is 3.22. The Morgan fingerprint density at radius 2 is 1.44 bits per heavy atom. The van der Waals surface area contributed by atoms with Crippen molar-refractivity contribution < 1.29 is 38.1 Å². The van der Waals surface area contributed by atoms with Crippen molar-refractivity contribution >= 4 is 29.3 Å². The molecule has 1 amide bonds. The number of benzene rings is 5. The molecule has 9 heteroatoms. The van der Waals surface area contributed by atoms with Gasteiger partial charge in [0.2, 0.25) is 5.91 Å². The van der Waals surface area contributed by atoms with Crippen molar-refractivity contribution in [3.63, 3.8) is 0 Å². The standard InChI is InChI=1S/C39H31NO8/c1-45-33-11-7-10-28(22-33)39(44)48-32-18-14-27(15-19-32)35(41)25-46-38(43)29-23-37(42)40(24-29)30-16-20-31(21-17-30)47-36-13-6-5-12-34(36)26-8-3-2-4-9-26/h2-22,29H,23-25H2,1H3/t29-/m0/s1. The third-order valence-electron chi connectivity index (χ3n) is 7.84. The molecule has 0 N–H and O–H groups in total. The molecule has 9 nitrogen and oxygen atoms in total. The summed E-state index contributed by atoms with van der Waals surface area (Å²) in [6.45, 7) is -0.348. The zero-order valence-corrected chi connectivity index (χ0v) is 26.0. The van der Waals surface area contributed by atoms with E-state index in [1.807, 2.05) is 54.6 Å². The van der Waals surface area contributed by atoms with Crippen LogP contribution in [0, 0.1) is 5.92 Å². The van der Waals surface area contributed by atoms with Crippen LogP contribution in [0.1, 0.15) is 27.1 Å². The second kappa shape index (κ2) is 14.5. The van der Waals surface area contributed by atoms with Crippen LogP contribution in [-0.2, 0) is 14.3 Å². The number of para-hydroxylation sites is 1. The van der Waals surface area contributed by atoms with Crippen molar-refractivity contribution in [2.75, 3.05) is 25.2 Å². The van der Waals surface area contributed by atoms with Crippen LogP contribution in [-0.4, -0.2) is 43.9 Å². The molecule has 0 aliphatic carbocycles. The van der Waals surface area contributed by atoms with E-state index < -0.39 is 30.2 Å². The molecule has 5 aromatic carbocycles. The number of esters is 2. The number of hydrogen-bond acceptors (Lipinski definition) is 8. The van der Waals surface area contributed by atoms with Gasteiger partial charge in [-0.25, -0.2) is 4.79 Å². The molecule has 48 heavy (non-hydrogen) atoms. The number of carbonyl (C=O) groups is 4. The highest BCUT2D eigenvalue weighted by molar-refractivity contribution is 6.01. The number of amides is 1. The minimum absolute atomic E-state index is 0.0247. The minimum Gasteiger partial charge on any atom is -0.497 e. The van der Waals surface area contributed by atoms with E-state index >= 15 is 0 Å². The lowest BCUT2D eigenvalue weighted by Crippen LogP contribution is -2.27. The fraction of sp³-hybridized carbons (Fsp3) is 0.128. The summed E-state index contributed by atoms with van der Waals surface area (Å²) >= 11 is 0. The van der Waals surface area contributed by atoms with Crippen LogP contribution in [0.3, 0.4) is 0 Å². The molecule has 0 radical (unpaired) electrons. The molecule has 1 aliphatic heterocycles. The molecule has 1 fully saturated rings. The average Bonchev–Trinajstić information content (AvgIpc) is 3.53. The number of methoxy groups -OCH3 is 1. The summed E-state index contributed by atoms with van der Waals surface area (Å²) < 4.78 is 22.0. The molecule has 240 valence electrons. The molecule has 6 rings (SSSR count). The predicted molar refractivity (Wildman–Crippen MR) is 179 cm³/mol. The van der Waals surface area contributed by atoms with Crippen molar-refractivity contribution in [1.82, 2.24) is 0 Å². The smallest absolute Gasteiger partial charge is 0.343 e. The summed E-state index contributed by atoms with van der Waals surface area (Å²) in [5, 5.41) is 0. The van der Waals surface area contributed by atoms with Gasteiger partial charge in [-0.15, -0.1) is 0 Å². The van der Waals surface area contributed by atoms with Gasteiger partial charge in [0.1, 0.15) is 23.0 Å². The Labute approximate surface area is 277 Å². The molecule has 0 aromatic heterocycles. The third kappa shape index (κ3) is 7.42. The lowest BCUT2D eigenvalue weighted by molar-refractivity contribution is -0.147. The summed E-state index contributed by atoms with van der Waals surface area (Å²) in [7, 11) is 1.50. The largest absolute Gasteiger partial charge is 0.497 e. The van der Waals surface area contributed by atoms with Crippen molar-refractivity contribution in [2.24, 2.45) is 5.92 Å². The van der Waals surface area contributed by atoms with Gasteiger partial charge in [-0.3, -0.25) is 14.4 Å². The van der Waals surface area contributed by atoms with Crippen LogP contribution < -0.4 is 19.1 Å². The number of anilines is 1. The first kappa shape index (κ1) is 31.7. The average molecular weight is 642 g/mol. The quantitative estimate of drug-likeness (QED) is 0.0850. The topological polar surface area (TPSA) is 108 Å². The Morgan fingerprint density at radius 3 is 2.19 bits per heavy atom. The van der Waals surface area contributed by atoms with Gasteiger partial charge in [0.15, 0.2) is 12.4 Å². The number of ether oxygens (including phenoxy) is 4. The summed E-state index contributed by atoms with van der Waals surface area (Å²) in [5.74, 6) is -0.478. The Kier molecular flexibility index (Phi) is 9.57. The molecule has 0 unspecified atom stereocenters. The Balaban J connectivity index is 1.00. The maximum absolute atomic E-state index is 12.8. The van der Waals surface area contributed by atoms with E-state index in [9.17, 15) is 19.2 Å². The Morgan fingerprint density at radius 1 is 0.729 bits per heavy atom. The number of Topliss-reactive ketones (excluding diaryl/α,β-unsaturated/α-hetero) is 1. The van der Waals surface area contributed by atoms with Crippen LogP contribution in [0.15, 0.2) is 127 Å². The molecular formula is C39H31NO8. The fourth-order valence-electron chi connectivity index (χ4n) is 5.31. The number of nitrogens with zero attached hydrogens (tertiary/aromatic N) is 1.